The zero-order valence-electron chi connectivity index (χ0n) is 4.81. The number of hydrogen-bond acceptors (Lipinski definition) is 2. The third-order valence-corrected chi connectivity index (χ3v) is 1.04. The fourth-order valence-corrected chi connectivity index (χ4v) is 0.781. The maximum absolute atomic E-state index is 10.5. The molecule has 1 aromatic rings. The van der Waals surface area contributed by atoms with Crippen LogP contribution in [0.1, 0.15) is 5.69 Å². The lowest BCUT2D eigenvalue weighted by atomic mass is 10.5. The third-order valence-electron chi connectivity index (χ3n) is 0.848. The third kappa shape index (κ3) is 1.54. The summed E-state index contributed by atoms with van der Waals surface area (Å²) in [5.74, 6) is 0. The van der Waals surface area contributed by atoms with Gasteiger partial charge in [0, 0.05) is 5.69 Å². The van der Waals surface area contributed by atoms with E-state index in [1.807, 2.05) is 0 Å². The van der Waals surface area contributed by atoms with Gasteiger partial charge in [0.15, 0.2) is 0 Å². The number of rotatable bonds is 0. The number of aryl methyl sites for hydroxylation is 1. The Morgan fingerprint density at radius 1 is 1.78 bits per heavy atom. The van der Waals surface area contributed by atoms with Crippen molar-refractivity contribution in [1.82, 2.24) is 9.97 Å². The van der Waals surface area contributed by atoms with E-state index >= 15 is 0 Å². The highest BCUT2D eigenvalue weighted by Gasteiger charge is 1.90. The molecule has 0 aliphatic rings. The summed E-state index contributed by atoms with van der Waals surface area (Å²) < 4.78 is 0. The van der Waals surface area contributed by atoms with Gasteiger partial charge in [-0.25, -0.2) is 4.79 Å². The van der Waals surface area contributed by atoms with E-state index in [-0.39, 0.29) is 5.15 Å². The molecule has 0 bridgehead atoms. The molecule has 0 unspecified atom stereocenters. The number of nitrogens with zero attached hydrogens (tertiary/aromatic N) is 1. The van der Waals surface area contributed by atoms with E-state index in [0.29, 0.717) is 0 Å². The molecule has 1 rings (SSSR count). The largest absolute Gasteiger partial charge is 0.346 e. The van der Waals surface area contributed by atoms with Gasteiger partial charge in [-0.2, -0.15) is 4.98 Å². The first-order valence-corrected chi connectivity index (χ1v) is 2.80. The molecule has 0 radical (unpaired) electrons. The van der Waals surface area contributed by atoms with E-state index in [4.69, 9.17) is 11.6 Å². The Morgan fingerprint density at radius 3 is 2.89 bits per heavy atom. The maximum atomic E-state index is 10.5. The number of aromatic nitrogens is 2. The van der Waals surface area contributed by atoms with E-state index in [9.17, 15) is 4.79 Å². The topological polar surface area (TPSA) is 45.8 Å². The Balaban J connectivity index is 3.33. The number of aromatic amines is 1. The minimum Gasteiger partial charge on any atom is -0.310 e. The molecule has 0 spiro atoms. The van der Waals surface area contributed by atoms with Crippen LogP contribution in [0.3, 0.4) is 0 Å². The summed E-state index contributed by atoms with van der Waals surface area (Å²) in [6.07, 6.45) is 0. The number of H-pyrrole nitrogens is 1. The van der Waals surface area contributed by atoms with Crippen LogP contribution in [-0.4, -0.2) is 9.97 Å². The molecule has 1 N–H and O–H groups in total. The first-order valence-electron chi connectivity index (χ1n) is 2.42. The van der Waals surface area contributed by atoms with E-state index in [1.54, 1.807) is 13.0 Å². The van der Waals surface area contributed by atoms with Gasteiger partial charge in [-0.05, 0) is 13.0 Å². The van der Waals surface area contributed by atoms with Gasteiger partial charge in [0.25, 0.3) is 0 Å². The Morgan fingerprint density at radius 2 is 2.44 bits per heavy atom. The minimum atomic E-state index is -0.403. The fourth-order valence-electron chi connectivity index (χ4n) is 0.541. The second-order valence-electron chi connectivity index (χ2n) is 1.69. The molecule has 1 heterocycles. The molecule has 9 heavy (non-hydrogen) atoms. The van der Waals surface area contributed by atoms with Crippen molar-refractivity contribution in [2.24, 2.45) is 0 Å². The summed E-state index contributed by atoms with van der Waals surface area (Å²) in [4.78, 5) is 16.3. The molecule has 0 atom stereocenters. The predicted octanol–water partition coefficient (Wildman–Crippen LogP) is 0.732. The van der Waals surface area contributed by atoms with Gasteiger partial charge in [-0.3, -0.25) is 0 Å². The average Bonchev–Trinajstić information content (AvgIpc) is 1.59. The average molecular weight is 145 g/mol. The van der Waals surface area contributed by atoms with E-state index in [2.05, 4.69) is 9.97 Å². The molecule has 0 amide bonds. The predicted molar refractivity (Wildman–Crippen MR) is 34.6 cm³/mol. The molecule has 3 nitrogen and oxygen atoms in total. The molecule has 4 heteroatoms. The van der Waals surface area contributed by atoms with Crippen LogP contribution in [0, 0.1) is 6.92 Å². The van der Waals surface area contributed by atoms with Crippen molar-refractivity contribution in [3.8, 4) is 0 Å². The minimum absolute atomic E-state index is 0.233. The molecular weight excluding hydrogens is 140 g/mol. The SMILES string of the molecule is Cc1cc(Cl)nc(=O)[nH]1. The number of nitrogens with one attached hydrogen (secondary N) is 1. The molecule has 1 aromatic heterocycles. The van der Waals surface area contributed by atoms with Crippen molar-refractivity contribution in [3.05, 3.63) is 27.4 Å². The molecule has 0 saturated carbocycles. The van der Waals surface area contributed by atoms with Crippen LogP contribution >= 0.6 is 11.6 Å². The Labute approximate surface area is 56.7 Å². The monoisotopic (exact) mass is 144 g/mol. The number of hydrogen-bond donors (Lipinski definition) is 1. The maximum Gasteiger partial charge on any atom is 0.346 e. The van der Waals surface area contributed by atoms with Crippen LogP contribution in [-0.2, 0) is 0 Å². The van der Waals surface area contributed by atoms with Gasteiger partial charge in [-0.15, -0.1) is 0 Å². The van der Waals surface area contributed by atoms with Crippen molar-refractivity contribution in [3.63, 3.8) is 0 Å². The van der Waals surface area contributed by atoms with Crippen LogP contribution in [0.15, 0.2) is 10.9 Å². The number of halogens is 1. The summed E-state index contributed by atoms with van der Waals surface area (Å²) in [5.41, 5.74) is 0.319. The summed E-state index contributed by atoms with van der Waals surface area (Å²) in [7, 11) is 0. The molecule has 0 aliphatic heterocycles. The molecular formula is C5H5ClN2O. The van der Waals surface area contributed by atoms with Crippen molar-refractivity contribution in [2.75, 3.05) is 0 Å². The van der Waals surface area contributed by atoms with Crippen LogP contribution in [0.2, 0.25) is 5.15 Å². The Hall–Kier alpha value is -0.830. The van der Waals surface area contributed by atoms with Gasteiger partial charge in [0.05, 0.1) is 0 Å². The Bertz CT molecular complexity index is 245. The van der Waals surface area contributed by atoms with E-state index in [1.165, 1.54) is 0 Å². The standard InChI is InChI=1S/C5H5ClN2O/c1-3-2-4(6)8-5(9)7-3/h2H,1H3,(H,7,8,9). The molecule has 0 aliphatic carbocycles. The highest BCUT2D eigenvalue weighted by Crippen LogP contribution is 1.99. The van der Waals surface area contributed by atoms with Gasteiger partial charge in [0.1, 0.15) is 5.15 Å². The van der Waals surface area contributed by atoms with Gasteiger partial charge < -0.3 is 4.98 Å². The van der Waals surface area contributed by atoms with Gasteiger partial charge in [-0.1, -0.05) is 11.6 Å². The lowest BCUT2D eigenvalue weighted by molar-refractivity contribution is 1.03. The van der Waals surface area contributed by atoms with Gasteiger partial charge >= 0.3 is 5.69 Å². The van der Waals surface area contributed by atoms with Crippen LogP contribution in [0.4, 0.5) is 0 Å². The van der Waals surface area contributed by atoms with Gasteiger partial charge in [0.2, 0.25) is 0 Å². The summed E-state index contributed by atoms with van der Waals surface area (Å²) in [6.45, 7) is 1.74. The molecule has 0 aromatic carbocycles. The smallest absolute Gasteiger partial charge is 0.310 e. The second kappa shape index (κ2) is 2.19. The molecule has 0 saturated heterocycles. The van der Waals surface area contributed by atoms with E-state index < -0.39 is 5.69 Å². The molecule has 48 valence electrons. The summed E-state index contributed by atoms with van der Waals surface area (Å²) >= 11 is 5.42. The van der Waals surface area contributed by atoms with Crippen LogP contribution < -0.4 is 5.69 Å². The van der Waals surface area contributed by atoms with Crippen molar-refractivity contribution in [2.45, 2.75) is 6.92 Å². The zero-order valence-corrected chi connectivity index (χ0v) is 5.57. The highest BCUT2D eigenvalue weighted by molar-refractivity contribution is 6.29. The normalized spacial score (nSPS) is 9.56. The summed E-state index contributed by atoms with van der Waals surface area (Å²) in [5, 5.41) is 0.233. The first kappa shape index (κ1) is 6.29. The van der Waals surface area contributed by atoms with Crippen LogP contribution in [0.5, 0.6) is 0 Å². The lowest BCUT2D eigenvalue weighted by Gasteiger charge is -1.88. The first-order chi connectivity index (χ1) is 4.18. The van der Waals surface area contributed by atoms with E-state index in [0.717, 1.165) is 5.69 Å². The van der Waals surface area contributed by atoms with Crippen molar-refractivity contribution in [1.29, 1.82) is 0 Å². The molecule has 0 fully saturated rings. The highest BCUT2D eigenvalue weighted by atomic mass is 35.5. The Kier molecular flexibility index (Phi) is 1.53. The van der Waals surface area contributed by atoms with Crippen molar-refractivity contribution < 1.29 is 0 Å². The van der Waals surface area contributed by atoms with Crippen LogP contribution in [0.25, 0.3) is 0 Å². The second-order valence-corrected chi connectivity index (χ2v) is 2.08. The van der Waals surface area contributed by atoms with Crippen molar-refractivity contribution >= 4 is 11.6 Å². The fraction of sp³-hybridized carbons (Fsp3) is 0.200. The lowest BCUT2D eigenvalue weighted by Crippen LogP contribution is -2.10. The quantitative estimate of drug-likeness (QED) is 0.546. The summed E-state index contributed by atoms with van der Waals surface area (Å²) in [6, 6.07) is 1.59. The zero-order chi connectivity index (χ0) is 6.85.